The number of anilines is 1. The molecule has 0 radical (unpaired) electrons. The summed E-state index contributed by atoms with van der Waals surface area (Å²) in [5.41, 5.74) is 1.37. The van der Waals surface area contributed by atoms with Crippen molar-refractivity contribution in [3.63, 3.8) is 0 Å². The Labute approximate surface area is 127 Å². The highest BCUT2D eigenvalue weighted by Crippen LogP contribution is 2.27. The van der Waals surface area contributed by atoms with Crippen molar-refractivity contribution in [1.29, 1.82) is 0 Å². The zero-order chi connectivity index (χ0) is 14.8. The van der Waals surface area contributed by atoms with E-state index >= 15 is 0 Å². The predicted molar refractivity (Wildman–Crippen MR) is 82.7 cm³/mol. The minimum Gasteiger partial charge on any atom is -0.495 e. The van der Waals surface area contributed by atoms with Gasteiger partial charge in [0.1, 0.15) is 10.6 Å². The fraction of sp³-hybridized carbons (Fsp3) is 0.143. The van der Waals surface area contributed by atoms with Gasteiger partial charge in [-0.1, -0.05) is 28.1 Å². The highest BCUT2D eigenvalue weighted by Gasteiger charge is 2.19. The number of rotatable bonds is 4. The monoisotopic (exact) mass is 355 g/mol. The van der Waals surface area contributed by atoms with Crippen LogP contribution in [0.15, 0.2) is 51.8 Å². The molecule has 0 amide bonds. The van der Waals surface area contributed by atoms with Crippen LogP contribution in [0.4, 0.5) is 5.69 Å². The topological polar surface area (TPSA) is 55.4 Å². The van der Waals surface area contributed by atoms with Crippen LogP contribution in [0.1, 0.15) is 5.56 Å². The lowest BCUT2D eigenvalue weighted by Gasteiger charge is -2.13. The van der Waals surface area contributed by atoms with Gasteiger partial charge in [-0.15, -0.1) is 0 Å². The molecule has 106 valence electrons. The van der Waals surface area contributed by atoms with Gasteiger partial charge in [-0.3, -0.25) is 4.72 Å². The Bertz CT molecular complexity index is 729. The van der Waals surface area contributed by atoms with Crippen molar-refractivity contribution < 1.29 is 13.2 Å². The zero-order valence-corrected chi connectivity index (χ0v) is 13.5. The summed E-state index contributed by atoms with van der Waals surface area (Å²) < 4.78 is 33.4. The number of aryl methyl sites for hydroxylation is 1. The average Bonchev–Trinajstić information content (AvgIpc) is 2.42. The first-order valence-electron chi connectivity index (χ1n) is 5.86. The van der Waals surface area contributed by atoms with Gasteiger partial charge >= 0.3 is 0 Å². The molecule has 1 N–H and O–H groups in total. The smallest absolute Gasteiger partial charge is 0.265 e. The van der Waals surface area contributed by atoms with E-state index in [1.807, 2.05) is 13.0 Å². The molecule has 0 saturated carbocycles. The van der Waals surface area contributed by atoms with E-state index in [0.29, 0.717) is 11.4 Å². The van der Waals surface area contributed by atoms with Gasteiger partial charge < -0.3 is 4.74 Å². The Morgan fingerprint density at radius 1 is 1.15 bits per heavy atom. The number of nitrogens with one attached hydrogen (secondary N) is 1. The Morgan fingerprint density at radius 2 is 1.85 bits per heavy atom. The summed E-state index contributed by atoms with van der Waals surface area (Å²) in [6, 6.07) is 11.9. The molecule has 0 fully saturated rings. The molecule has 0 aliphatic heterocycles. The first-order chi connectivity index (χ1) is 9.44. The fourth-order valence-corrected chi connectivity index (χ4v) is 3.56. The van der Waals surface area contributed by atoms with E-state index in [-0.39, 0.29) is 4.90 Å². The van der Waals surface area contributed by atoms with E-state index in [0.717, 1.165) is 10.0 Å². The molecule has 0 aliphatic carbocycles. The maximum atomic E-state index is 12.4. The standard InChI is InChI=1S/C14H14BrNO3S/c1-10-9-11(15)7-8-12(10)16-20(17,18)14-6-4-3-5-13(14)19-2/h3-9,16H,1-2H3. The average molecular weight is 356 g/mol. The molecule has 20 heavy (non-hydrogen) atoms. The molecule has 0 atom stereocenters. The molecule has 0 unspecified atom stereocenters. The number of sulfonamides is 1. The van der Waals surface area contributed by atoms with Crippen molar-refractivity contribution in [1.82, 2.24) is 0 Å². The summed E-state index contributed by atoms with van der Waals surface area (Å²) in [4.78, 5) is 0.116. The van der Waals surface area contributed by atoms with Gasteiger partial charge in [0.15, 0.2) is 0 Å². The molecule has 0 bridgehead atoms. The number of hydrogen-bond acceptors (Lipinski definition) is 3. The highest BCUT2D eigenvalue weighted by molar-refractivity contribution is 9.10. The van der Waals surface area contributed by atoms with Gasteiger partial charge in [-0.05, 0) is 42.8 Å². The van der Waals surface area contributed by atoms with Crippen LogP contribution < -0.4 is 9.46 Å². The van der Waals surface area contributed by atoms with Gasteiger partial charge in [-0.25, -0.2) is 8.42 Å². The van der Waals surface area contributed by atoms with Crippen LogP contribution in [0.2, 0.25) is 0 Å². The predicted octanol–water partition coefficient (Wildman–Crippen LogP) is 3.57. The van der Waals surface area contributed by atoms with E-state index in [4.69, 9.17) is 4.74 Å². The van der Waals surface area contributed by atoms with Crippen LogP contribution >= 0.6 is 15.9 Å². The third-order valence-electron chi connectivity index (χ3n) is 2.79. The number of hydrogen-bond donors (Lipinski definition) is 1. The molecule has 2 aromatic carbocycles. The van der Waals surface area contributed by atoms with Gasteiger partial charge in [0, 0.05) is 4.47 Å². The molecule has 0 aliphatic rings. The third-order valence-corrected chi connectivity index (χ3v) is 4.69. The first kappa shape index (κ1) is 14.9. The van der Waals surface area contributed by atoms with E-state index < -0.39 is 10.0 Å². The van der Waals surface area contributed by atoms with Crippen molar-refractivity contribution in [2.45, 2.75) is 11.8 Å². The summed E-state index contributed by atoms with van der Waals surface area (Å²) in [7, 11) is -2.24. The van der Waals surface area contributed by atoms with Crippen molar-refractivity contribution in [2.75, 3.05) is 11.8 Å². The minimum atomic E-state index is -3.68. The molecule has 0 saturated heterocycles. The van der Waals surface area contributed by atoms with E-state index in [1.54, 1.807) is 30.3 Å². The SMILES string of the molecule is COc1ccccc1S(=O)(=O)Nc1ccc(Br)cc1C. The minimum absolute atomic E-state index is 0.116. The second-order valence-corrected chi connectivity index (χ2v) is 6.78. The van der Waals surface area contributed by atoms with Crippen LogP contribution in [-0.2, 0) is 10.0 Å². The number of ether oxygens (including phenoxy) is 1. The zero-order valence-electron chi connectivity index (χ0n) is 11.1. The number of para-hydroxylation sites is 1. The van der Waals surface area contributed by atoms with Crippen LogP contribution in [0.5, 0.6) is 5.75 Å². The molecule has 2 aromatic rings. The number of halogens is 1. The molecular formula is C14H14BrNO3S. The molecule has 0 aromatic heterocycles. The van der Waals surface area contributed by atoms with Crippen molar-refractivity contribution >= 4 is 31.6 Å². The molecule has 0 spiro atoms. The van der Waals surface area contributed by atoms with Crippen molar-refractivity contribution in [2.24, 2.45) is 0 Å². The Morgan fingerprint density at radius 3 is 2.50 bits per heavy atom. The summed E-state index contributed by atoms with van der Waals surface area (Å²) in [5, 5.41) is 0. The molecule has 0 heterocycles. The maximum absolute atomic E-state index is 12.4. The van der Waals surface area contributed by atoms with Crippen LogP contribution in [0.3, 0.4) is 0 Å². The maximum Gasteiger partial charge on any atom is 0.265 e. The second-order valence-electron chi connectivity index (χ2n) is 4.22. The Kier molecular flexibility index (Phi) is 4.35. The van der Waals surface area contributed by atoms with Crippen LogP contribution in [-0.4, -0.2) is 15.5 Å². The van der Waals surface area contributed by atoms with E-state index in [2.05, 4.69) is 20.7 Å². The second kappa shape index (κ2) is 5.85. The van der Waals surface area contributed by atoms with Crippen molar-refractivity contribution in [3.8, 4) is 5.75 Å². The van der Waals surface area contributed by atoms with Gasteiger partial charge in [-0.2, -0.15) is 0 Å². The molecule has 2 rings (SSSR count). The van der Waals surface area contributed by atoms with E-state index in [1.165, 1.54) is 13.2 Å². The van der Waals surface area contributed by atoms with Gasteiger partial charge in [0.2, 0.25) is 0 Å². The van der Waals surface area contributed by atoms with Gasteiger partial charge in [0.05, 0.1) is 12.8 Å². The summed E-state index contributed by atoms with van der Waals surface area (Å²) in [6.45, 7) is 1.84. The lowest BCUT2D eigenvalue weighted by molar-refractivity contribution is 0.403. The number of methoxy groups -OCH3 is 1. The highest BCUT2D eigenvalue weighted by atomic mass is 79.9. The first-order valence-corrected chi connectivity index (χ1v) is 8.13. The Balaban J connectivity index is 2.41. The third kappa shape index (κ3) is 3.13. The van der Waals surface area contributed by atoms with Crippen molar-refractivity contribution in [3.05, 3.63) is 52.5 Å². The molecule has 6 heteroatoms. The molecule has 4 nitrogen and oxygen atoms in total. The van der Waals surface area contributed by atoms with E-state index in [9.17, 15) is 8.42 Å². The number of benzene rings is 2. The summed E-state index contributed by atoms with van der Waals surface area (Å²) in [6.07, 6.45) is 0. The molecular weight excluding hydrogens is 342 g/mol. The summed E-state index contributed by atoms with van der Waals surface area (Å²) >= 11 is 3.35. The van der Waals surface area contributed by atoms with Crippen LogP contribution in [0.25, 0.3) is 0 Å². The van der Waals surface area contributed by atoms with Gasteiger partial charge in [0.25, 0.3) is 10.0 Å². The fourth-order valence-electron chi connectivity index (χ4n) is 1.78. The van der Waals surface area contributed by atoms with Crippen LogP contribution in [0, 0.1) is 6.92 Å². The largest absolute Gasteiger partial charge is 0.495 e. The summed E-state index contributed by atoms with van der Waals surface area (Å²) in [5.74, 6) is 0.315. The lowest BCUT2D eigenvalue weighted by atomic mass is 10.2. The quantitative estimate of drug-likeness (QED) is 0.911. The Hall–Kier alpha value is -1.53. The lowest BCUT2D eigenvalue weighted by Crippen LogP contribution is -2.14. The normalized spacial score (nSPS) is 11.2.